The highest BCUT2D eigenvalue weighted by Crippen LogP contribution is 2.20. The first-order chi connectivity index (χ1) is 9.03. The first-order valence-corrected chi connectivity index (χ1v) is 6.53. The number of likely N-dealkylation sites (N-methyl/N-ethyl adjacent to an activating group) is 2. The van der Waals surface area contributed by atoms with Gasteiger partial charge in [0.2, 0.25) is 5.91 Å². The second-order valence-corrected chi connectivity index (χ2v) is 4.55. The van der Waals surface area contributed by atoms with Crippen molar-refractivity contribution in [2.75, 3.05) is 31.6 Å². The SMILES string of the molecule is CCN(CC)C(=O)CN(C)c1cc(C)ccc1C#N. The number of aryl methyl sites for hydroxylation is 1. The zero-order valence-corrected chi connectivity index (χ0v) is 12.1. The fourth-order valence-corrected chi connectivity index (χ4v) is 2.02. The Kier molecular flexibility index (Phi) is 5.37. The minimum atomic E-state index is 0.0814. The molecule has 0 aliphatic heterocycles. The maximum atomic E-state index is 12.1. The second kappa shape index (κ2) is 6.79. The number of benzene rings is 1. The Morgan fingerprint density at radius 2 is 1.95 bits per heavy atom. The lowest BCUT2D eigenvalue weighted by molar-refractivity contribution is -0.129. The van der Waals surface area contributed by atoms with Crippen LogP contribution in [0, 0.1) is 18.3 Å². The van der Waals surface area contributed by atoms with Crippen molar-refractivity contribution in [1.29, 1.82) is 5.26 Å². The van der Waals surface area contributed by atoms with Crippen LogP contribution in [0.25, 0.3) is 0 Å². The third kappa shape index (κ3) is 3.72. The van der Waals surface area contributed by atoms with Crippen molar-refractivity contribution in [3.05, 3.63) is 29.3 Å². The summed E-state index contributed by atoms with van der Waals surface area (Å²) in [4.78, 5) is 15.7. The molecule has 0 N–H and O–H groups in total. The van der Waals surface area contributed by atoms with Gasteiger partial charge in [0.15, 0.2) is 0 Å². The van der Waals surface area contributed by atoms with E-state index < -0.39 is 0 Å². The monoisotopic (exact) mass is 259 g/mol. The van der Waals surface area contributed by atoms with Crippen molar-refractivity contribution in [3.8, 4) is 6.07 Å². The molecule has 0 fully saturated rings. The molecule has 19 heavy (non-hydrogen) atoms. The summed E-state index contributed by atoms with van der Waals surface area (Å²) >= 11 is 0. The van der Waals surface area contributed by atoms with E-state index in [0.717, 1.165) is 11.3 Å². The van der Waals surface area contributed by atoms with Gasteiger partial charge in [0.1, 0.15) is 6.07 Å². The van der Waals surface area contributed by atoms with Crippen LogP contribution in [0.2, 0.25) is 0 Å². The minimum Gasteiger partial charge on any atom is -0.364 e. The van der Waals surface area contributed by atoms with E-state index >= 15 is 0 Å². The van der Waals surface area contributed by atoms with Gasteiger partial charge in [-0.3, -0.25) is 4.79 Å². The maximum absolute atomic E-state index is 12.1. The lowest BCUT2D eigenvalue weighted by Crippen LogP contribution is -2.39. The van der Waals surface area contributed by atoms with E-state index in [9.17, 15) is 4.79 Å². The average molecular weight is 259 g/mol. The Balaban J connectivity index is 2.89. The number of nitriles is 1. The number of carbonyl (C=O) groups excluding carboxylic acids is 1. The predicted molar refractivity (Wildman–Crippen MR) is 77.1 cm³/mol. The van der Waals surface area contributed by atoms with E-state index in [1.54, 1.807) is 11.0 Å². The van der Waals surface area contributed by atoms with Gasteiger partial charge in [0.25, 0.3) is 0 Å². The molecule has 0 aromatic heterocycles. The van der Waals surface area contributed by atoms with Gasteiger partial charge < -0.3 is 9.80 Å². The molecule has 4 heteroatoms. The molecule has 1 rings (SSSR count). The fourth-order valence-electron chi connectivity index (χ4n) is 2.02. The summed E-state index contributed by atoms with van der Waals surface area (Å²) in [5.74, 6) is 0.0814. The zero-order valence-electron chi connectivity index (χ0n) is 12.1. The van der Waals surface area contributed by atoms with Crippen LogP contribution in [-0.4, -0.2) is 37.5 Å². The minimum absolute atomic E-state index is 0.0814. The number of rotatable bonds is 5. The molecule has 0 aliphatic carbocycles. The van der Waals surface area contributed by atoms with E-state index in [4.69, 9.17) is 5.26 Å². The summed E-state index contributed by atoms with van der Waals surface area (Å²) < 4.78 is 0. The summed E-state index contributed by atoms with van der Waals surface area (Å²) in [6.07, 6.45) is 0. The quantitative estimate of drug-likeness (QED) is 0.814. The average Bonchev–Trinajstić information content (AvgIpc) is 2.40. The van der Waals surface area contributed by atoms with E-state index in [2.05, 4.69) is 6.07 Å². The lowest BCUT2D eigenvalue weighted by atomic mass is 10.1. The van der Waals surface area contributed by atoms with Crippen LogP contribution >= 0.6 is 0 Å². The largest absolute Gasteiger partial charge is 0.364 e. The van der Waals surface area contributed by atoms with Crippen LogP contribution in [-0.2, 0) is 4.79 Å². The molecule has 1 aromatic carbocycles. The van der Waals surface area contributed by atoms with E-state index in [-0.39, 0.29) is 5.91 Å². The van der Waals surface area contributed by atoms with Crippen LogP contribution in [0.1, 0.15) is 25.0 Å². The molecule has 1 aromatic rings. The van der Waals surface area contributed by atoms with Gasteiger partial charge in [0, 0.05) is 20.1 Å². The second-order valence-electron chi connectivity index (χ2n) is 4.55. The molecule has 1 amide bonds. The van der Waals surface area contributed by atoms with Crippen LogP contribution < -0.4 is 4.90 Å². The number of anilines is 1. The molecule has 0 radical (unpaired) electrons. The van der Waals surface area contributed by atoms with Gasteiger partial charge in [0.05, 0.1) is 17.8 Å². The summed E-state index contributed by atoms with van der Waals surface area (Å²) in [5.41, 5.74) is 2.49. The van der Waals surface area contributed by atoms with Gasteiger partial charge in [-0.25, -0.2) is 0 Å². The Bertz CT molecular complexity index is 487. The molecule has 0 unspecified atom stereocenters. The van der Waals surface area contributed by atoms with Crippen molar-refractivity contribution >= 4 is 11.6 Å². The van der Waals surface area contributed by atoms with Crippen molar-refractivity contribution in [3.63, 3.8) is 0 Å². The molecule has 4 nitrogen and oxygen atoms in total. The predicted octanol–water partition coefficient (Wildman–Crippen LogP) is 2.17. The molecule has 102 valence electrons. The number of hydrogen-bond acceptors (Lipinski definition) is 3. The third-order valence-corrected chi connectivity index (χ3v) is 3.17. The summed E-state index contributed by atoms with van der Waals surface area (Å²) in [6, 6.07) is 7.81. The summed E-state index contributed by atoms with van der Waals surface area (Å²) in [7, 11) is 1.84. The smallest absolute Gasteiger partial charge is 0.242 e. The molecular formula is C15H21N3O. The molecule has 0 atom stereocenters. The summed E-state index contributed by atoms with van der Waals surface area (Å²) in [6.45, 7) is 7.62. The Hall–Kier alpha value is -2.02. The lowest BCUT2D eigenvalue weighted by Gasteiger charge is -2.25. The van der Waals surface area contributed by atoms with Crippen LogP contribution in [0.4, 0.5) is 5.69 Å². The van der Waals surface area contributed by atoms with E-state index in [0.29, 0.717) is 25.2 Å². The van der Waals surface area contributed by atoms with Crippen LogP contribution in [0.3, 0.4) is 0 Å². The van der Waals surface area contributed by atoms with Gasteiger partial charge in [-0.15, -0.1) is 0 Å². The maximum Gasteiger partial charge on any atom is 0.242 e. The molecule has 0 spiro atoms. The van der Waals surface area contributed by atoms with Gasteiger partial charge >= 0.3 is 0 Å². The Morgan fingerprint density at radius 3 is 2.47 bits per heavy atom. The molecular weight excluding hydrogens is 238 g/mol. The van der Waals surface area contributed by atoms with Crippen LogP contribution in [0.15, 0.2) is 18.2 Å². The molecule has 0 aliphatic rings. The first kappa shape index (κ1) is 15.0. The highest BCUT2D eigenvalue weighted by molar-refractivity contribution is 5.82. The molecule has 0 bridgehead atoms. The van der Waals surface area contributed by atoms with Crippen molar-refractivity contribution in [2.24, 2.45) is 0 Å². The highest BCUT2D eigenvalue weighted by Gasteiger charge is 2.15. The number of nitrogens with zero attached hydrogens (tertiary/aromatic N) is 3. The van der Waals surface area contributed by atoms with Crippen LogP contribution in [0.5, 0.6) is 0 Å². The van der Waals surface area contributed by atoms with Crippen molar-refractivity contribution < 1.29 is 4.79 Å². The molecule has 0 heterocycles. The van der Waals surface area contributed by atoms with Gasteiger partial charge in [-0.1, -0.05) is 6.07 Å². The summed E-state index contributed by atoms with van der Waals surface area (Å²) in [5, 5.41) is 9.12. The third-order valence-electron chi connectivity index (χ3n) is 3.17. The topological polar surface area (TPSA) is 47.3 Å². The van der Waals surface area contributed by atoms with Gasteiger partial charge in [-0.05, 0) is 38.5 Å². The first-order valence-electron chi connectivity index (χ1n) is 6.53. The normalized spacial score (nSPS) is 9.84. The Labute approximate surface area is 115 Å². The zero-order chi connectivity index (χ0) is 14.4. The molecule has 0 saturated heterocycles. The van der Waals surface area contributed by atoms with Gasteiger partial charge in [-0.2, -0.15) is 5.26 Å². The van der Waals surface area contributed by atoms with E-state index in [1.807, 2.05) is 44.9 Å². The number of amides is 1. The molecule has 0 saturated carbocycles. The van der Waals surface area contributed by atoms with Crippen molar-refractivity contribution in [2.45, 2.75) is 20.8 Å². The number of hydrogen-bond donors (Lipinski definition) is 0. The Morgan fingerprint density at radius 1 is 1.32 bits per heavy atom. The van der Waals surface area contributed by atoms with Crippen molar-refractivity contribution in [1.82, 2.24) is 4.90 Å². The number of carbonyl (C=O) groups is 1. The highest BCUT2D eigenvalue weighted by atomic mass is 16.2. The standard InChI is InChI=1S/C15H21N3O/c1-5-18(6-2)15(19)11-17(4)14-9-12(3)7-8-13(14)10-16/h7-9H,5-6,11H2,1-4H3. The van der Waals surface area contributed by atoms with E-state index in [1.165, 1.54) is 0 Å². The fraction of sp³-hybridized carbons (Fsp3) is 0.467.